The predicted octanol–water partition coefficient (Wildman–Crippen LogP) is 3.78. The fourth-order valence-electron chi connectivity index (χ4n) is 3.33. The van der Waals surface area contributed by atoms with Gasteiger partial charge >= 0.3 is 0 Å². The number of H-pyrrole nitrogens is 1. The first kappa shape index (κ1) is 15.3. The number of halogens is 1. The minimum atomic E-state index is -0.193. The van der Waals surface area contributed by atoms with Crippen molar-refractivity contribution in [2.75, 3.05) is 6.54 Å². The summed E-state index contributed by atoms with van der Waals surface area (Å²) in [5, 5.41) is 0.965. The molecule has 0 amide bonds. The molecule has 1 N–H and O–H groups in total. The van der Waals surface area contributed by atoms with Crippen molar-refractivity contribution in [1.82, 2.24) is 19.9 Å². The molecule has 4 rings (SSSR count). The third-order valence-electron chi connectivity index (χ3n) is 4.67. The van der Waals surface area contributed by atoms with Gasteiger partial charge < -0.3 is 4.98 Å². The van der Waals surface area contributed by atoms with E-state index in [9.17, 15) is 4.39 Å². The van der Waals surface area contributed by atoms with Gasteiger partial charge in [0.15, 0.2) is 0 Å². The number of nitrogens with one attached hydrogen (secondary N) is 1. The summed E-state index contributed by atoms with van der Waals surface area (Å²) in [7, 11) is 0. The first-order chi connectivity index (χ1) is 11.6. The van der Waals surface area contributed by atoms with Gasteiger partial charge in [-0.15, -0.1) is 0 Å². The molecule has 1 aliphatic heterocycles. The quantitative estimate of drug-likeness (QED) is 0.797. The van der Waals surface area contributed by atoms with E-state index in [2.05, 4.69) is 28.7 Å². The molecule has 0 fully saturated rings. The van der Waals surface area contributed by atoms with Gasteiger partial charge in [-0.05, 0) is 23.8 Å². The Morgan fingerprint density at radius 3 is 3.04 bits per heavy atom. The van der Waals surface area contributed by atoms with Crippen LogP contribution in [0.2, 0.25) is 0 Å². The van der Waals surface area contributed by atoms with E-state index in [0.717, 1.165) is 48.3 Å². The summed E-state index contributed by atoms with van der Waals surface area (Å²) in [6.45, 7) is 6.84. The molecule has 24 heavy (non-hydrogen) atoms. The largest absolute Gasteiger partial charge is 0.361 e. The Bertz CT molecular complexity index is 884. The zero-order valence-corrected chi connectivity index (χ0v) is 14.0. The van der Waals surface area contributed by atoms with Crippen molar-refractivity contribution in [3.63, 3.8) is 0 Å². The van der Waals surface area contributed by atoms with Crippen molar-refractivity contribution < 1.29 is 4.39 Å². The van der Waals surface area contributed by atoms with Crippen LogP contribution in [0.1, 0.15) is 42.4 Å². The first-order valence-electron chi connectivity index (χ1n) is 8.42. The number of aromatic nitrogens is 3. The van der Waals surface area contributed by atoms with Crippen LogP contribution in [0.4, 0.5) is 4.39 Å². The maximum Gasteiger partial charge on any atom is 0.131 e. The molecule has 3 heterocycles. The second kappa shape index (κ2) is 5.98. The molecule has 0 saturated heterocycles. The van der Waals surface area contributed by atoms with E-state index >= 15 is 0 Å². The van der Waals surface area contributed by atoms with Crippen LogP contribution in [0.5, 0.6) is 0 Å². The summed E-state index contributed by atoms with van der Waals surface area (Å²) in [4.78, 5) is 14.8. The van der Waals surface area contributed by atoms with Crippen molar-refractivity contribution in [3.8, 4) is 0 Å². The number of hydrogen-bond acceptors (Lipinski definition) is 3. The molecule has 4 nitrogen and oxygen atoms in total. The van der Waals surface area contributed by atoms with Crippen LogP contribution in [0.3, 0.4) is 0 Å². The van der Waals surface area contributed by atoms with E-state index in [1.807, 2.05) is 12.4 Å². The molecular weight excluding hydrogens is 303 g/mol. The van der Waals surface area contributed by atoms with Crippen molar-refractivity contribution in [3.05, 3.63) is 59.1 Å². The van der Waals surface area contributed by atoms with Gasteiger partial charge in [0.1, 0.15) is 11.6 Å². The average Bonchev–Trinajstić information content (AvgIpc) is 2.96. The van der Waals surface area contributed by atoms with E-state index in [-0.39, 0.29) is 5.82 Å². The molecule has 3 aromatic rings. The van der Waals surface area contributed by atoms with Gasteiger partial charge in [-0.2, -0.15) is 0 Å². The number of hydrogen-bond donors (Lipinski definition) is 1. The topological polar surface area (TPSA) is 44.8 Å². The maximum atomic E-state index is 13.5. The molecule has 1 aliphatic rings. The minimum Gasteiger partial charge on any atom is -0.361 e. The highest BCUT2D eigenvalue weighted by Gasteiger charge is 2.20. The Morgan fingerprint density at radius 2 is 2.21 bits per heavy atom. The third kappa shape index (κ3) is 2.80. The van der Waals surface area contributed by atoms with Crippen LogP contribution < -0.4 is 0 Å². The molecule has 0 radical (unpaired) electrons. The molecule has 0 atom stereocenters. The summed E-state index contributed by atoms with van der Waals surface area (Å²) < 4.78 is 13.5. The maximum absolute atomic E-state index is 13.5. The molecule has 0 aliphatic carbocycles. The Morgan fingerprint density at radius 1 is 1.33 bits per heavy atom. The van der Waals surface area contributed by atoms with Gasteiger partial charge in [0.05, 0.1) is 0 Å². The van der Waals surface area contributed by atoms with E-state index in [4.69, 9.17) is 4.98 Å². The summed E-state index contributed by atoms with van der Waals surface area (Å²) in [5.74, 6) is 1.09. The second-order valence-corrected chi connectivity index (χ2v) is 6.82. The Balaban J connectivity index is 1.55. The average molecular weight is 324 g/mol. The lowest BCUT2D eigenvalue weighted by Crippen LogP contribution is -2.31. The van der Waals surface area contributed by atoms with E-state index < -0.39 is 0 Å². The lowest BCUT2D eigenvalue weighted by atomic mass is 10.1. The summed E-state index contributed by atoms with van der Waals surface area (Å²) in [6, 6.07) is 4.89. The standard InChI is InChI=1S/C19H21FN4/c1-12(2)19-22-9-14-11-24(6-5-17(14)23-19)10-13-8-21-18-4-3-15(20)7-16(13)18/h3-4,7-9,12,21H,5-6,10-11H2,1-2H3. The number of benzene rings is 1. The molecule has 0 spiro atoms. The number of nitrogens with zero attached hydrogens (tertiary/aromatic N) is 3. The van der Waals surface area contributed by atoms with Crippen molar-refractivity contribution >= 4 is 10.9 Å². The van der Waals surface area contributed by atoms with Crippen molar-refractivity contribution in [2.45, 2.75) is 39.3 Å². The highest BCUT2D eigenvalue weighted by molar-refractivity contribution is 5.83. The van der Waals surface area contributed by atoms with Crippen LogP contribution in [0.25, 0.3) is 10.9 Å². The first-order valence-corrected chi connectivity index (χ1v) is 8.42. The smallest absolute Gasteiger partial charge is 0.131 e. The van der Waals surface area contributed by atoms with E-state index in [1.54, 1.807) is 12.1 Å². The molecule has 0 bridgehead atoms. The summed E-state index contributed by atoms with van der Waals surface area (Å²) in [5.41, 5.74) is 4.49. The Labute approximate surface area is 140 Å². The fraction of sp³-hybridized carbons (Fsp3) is 0.368. The highest BCUT2D eigenvalue weighted by Crippen LogP contribution is 2.24. The van der Waals surface area contributed by atoms with E-state index in [1.165, 1.54) is 17.3 Å². The van der Waals surface area contributed by atoms with Crippen LogP contribution in [0, 0.1) is 5.82 Å². The Kier molecular flexibility index (Phi) is 3.81. The molecule has 124 valence electrons. The third-order valence-corrected chi connectivity index (χ3v) is 4.67. The summed E-state index contributed by atoms with van der Waals surface area (Å²) >= 11 is 0. The van der Waals surface area contributed by atoms with Gasteiger partial charge in [-0.1, -0.05) is 13.8 Å². The lowest BCUT2D eigenvalue weighted by Gasteiger charge is -2.28. The van der Waals surface area contributed by atoms with Gasteiger partial charge in [-0.25, -0.2) is 14.4 Å². The van der Waals surface area contributed by atoms with Crippen LogP contribution in [0.15, 0.2) is 30.6 Å². The normalized spacial score (nSPS) is 15.2. The molecule has 2 aromatic heterocycles. The second-order valence-electron chi connectivity index (χ2n) is 6.82. The lowest BCUT2D eigenvalue weighted by molar-refractivity contribution is 0.243. The van der Waals surface area contributed by atoms with Gasteiger partial charge in [-0.3, -0.25) is 4.90 Å². The molecule has 5 heteroatoms. The van der Waals surface area contributed by atoms with Crippen molar-refractivity contribution in [1.29, 1.82) is 0 Å². The van der Waals surface area contributed by atoms with Gasteiger partial charge in [0.2, 0.25) is 0 Å². The van der Waals surface area contributed by atoms with E-state index in [0.29, 0.717) is 5.92 Å². The van der Waals surface area contributed by atoms with Crippen LogP contribution >= 0.6 is 0 Å². The Hall–Kier alpha value is -2.27. The molecule has 1 aromatic carbocycles. The van der Waals surface area contributed by atoms with Crippen LogP contribution in [-0.2, 0) is 19.5 Å². The zero-order valence-electron chi connectivity index (χ0n) is 14.0. The SMILES string of the molecule is CC(C)c1ncc2c(n1)CCN(Cc1c[nH]c3ccc(F)cc13)C2. The highest BCUT2D eigenvalue weighted by atomic mass is 19.1. The summed E-state index contributed by atoms with van der Waals surface area (Å²) in [6.07, 6.45) is 4.89. The molecular formula is C19H21FN4. The monoisotopic (exact) mass is 324 g/mol. The fourth-order valence-corrected chi connectivity index (χ4v) is 3.33. The number of fused-ring (bicyclic) bond motifs is 2. The van der Waals surface area contributed by atoms with Gasteiger partial charge in [0.25, 0.3) is 0 Å². The van der Waals surface area contributed by atoms with Crippen molar-refractivity contribution in [2.24, 2.45) is 0 Å². The number of aromatic amines is 1. The zero-order chi connectivity index (χ0) is 16.7. The molecule has 0 saturated carbocycles. The molecule has 0 unspecified atom stereocenters. The van der Waals surface area contributed by atoms with Crippen LogP contribution in [-0.4, -0.2) is 26.4 Å². The predicted molar refractivity (Wildman–Crippen MR) is 92.2 cm³/mol. The number of rotatable bonds is 3. The van der Waals surface area contributed by atoms with Gasteiger partial charge in [0, 0.05) is 66.5 Å². The minimum absolute atomic E-state index is 0.193.